The maximum absolute atomic E-state index is 5.84. The van der Waals surface area contributed by atoms with E-state index in [1.54, 1.807) is 0 Å². The number of para-hydroxylation sites is 1. The molecule has 1 atom stereocenters. The molecule has 1 N–H and O–H groups in total. The van der Waals surface area contributed by atoms with Crippen molar-refractivity contribution in [2.24, 2.45) is 0 Å². The van der Waals surface area contributed by atoms with E-state index in [-0.39, 0.29) is 0 Å². The molecule has 0 saturated carbocycles. The van der Waals surface area contributed by atoms with E-state index in [2.05, 4.69) is 29.4 Å². The molecule has 2 aromatic rings. The molecule has 90 valence electrons. The van der Waals surface area contributed by atoms with Gasteiger partial charge in [-0.25, -0.2) is 0 Å². The summed E-state index contributed by atoms with van der Waals surface area (Å²) >= 11 is 0. The Morgan fingerprint density at radius 2 is 2.29 bits per heavy atom. The fourth-order valence-electron chi connectivity index (χ4n) is 2.51. The molecule has 2 heterocycles. The highest BCUT2D eigenvalue weighted by Gasteiger charge is 2.19. The third kappa shape index (κ3) is 2.21. The molecular formula is C14H18N2O. The van der Waals surface area contributed by atoms with E-state index in [9.17, 15) is 0 Å². The van der Waals surface area contributed by atoms with Crippen molar-refractivity contribution in [3.05, 3.63) is 36.1 Å². The number of likely N-dealkylation sites (N-methyl/N-ethyl adjacent to an activating group) is 1. The van der Waals surface area contributed by atoms with Crippen LogP contribution in [0.2, 0.25) is 0 Å². The van der Waals surface area contributed by atoms with Crippen LogP contribution in [0.1, 0.15) is 12.2 Å². The highest BCUT2D eigenvalue weighted by Crippen LogP contribution is 2.20. The zero-order chi connectivity index (χ0) is 11.7. The van der Waals surface area contributed by atoms with Gasteiger partial charge >= 0.3 is 0 Å². The first-order chi connectivity index (χ1) is 8.33. The van der Waals surface area contributed by atoms with Crippen molar-refractivity contribution in [1.29, 1.82) is 0 Å². The van der Waals surface area contributed by atoms with Gasteiger partial charge in [0.2, 0.25) is 0 Å². The van der Waals surface area contributed by atoms with E-state index < -0.39 is 0 Å². The largest absolute Gasteiger partial charge is 0.460 e. The van der Waals surface area contributed by atoms with Crippen LogP contribution >= 0.6 is 0 Å². The van der Waals surface area contributed by atoms with Crippen molar-refractivity contribution < 1.29 is 4.42 Å². The molecule has 0 radical (unpaired) electrons. The van der Waals surface area contributed by atoms with Crippen molar-refractivity contribution >= 4 is 11.0 Å². The summed E-state index contributed by atoms with van der Waals surface area (Å²) in [6.45, 7) is 3.12. The Hall–Kier alpha value is -1.32. The number of hydrogen-bond donors (Lipinski definition) is 1. The summed E-state index contributed by atoms with van der Waals surface area (Å²) in [6, 6.07) is 11.0. The lowest BCUT2D eigenvalue weighted by Crippen LogP contribution is -2.32. The van der Waals surface area contributed by atoms with Gasteiger partial charge in [-0.3, -0.25) is 4.90 Å². The van der Waals surface area contributed by atoms with Gasteiger partial charge in [-0.15, -0.1) is 0 Å². The minimum absolute atomic E-state index is 0.642. The van der Waals surface area contributed by atoms with Gasteiger partial charge in [0.25, 0.3) is 0 Å². The Labute approximate surface area is 101 Å². The first kappa shape index (κ1) is 10.8. The Balaban J connectivity index is 1.75. The standard InChI is InChI=1S/C14H18N2O/c1-16(12-6-7-15-9-12)10-13-8-11-4-2-3-5-14(11)17-13/h2-5,8,12,15H,6-7,9-10H2,1H3. The Kier molecular flexibility index (Phi) is 2.87. The molecule has 1 unspecified atom stereocenters. The second-order valence-corrected chi connectivity index (χ2v) is 4.81. The molecular weight excluding hydrogens is 212 g/mol. The molecule has 3 rings (SSSR count). The van der Waals surface area contributed by atoms with Crippen LogP contribution in [0, 0.1) is 0 Å². The highest BCUT2D eigenvalue weighted by molar-refractivity contribution is 5.77. The molecule has 1 aromatic heterocycles. The van der Waals surface area contributed by atoms with Crippen molar-refractivity contribution in [2.45, 2.75) is 19.0 Å². The van der Waals surface area contributed by atoms with Crippen LogP contribution in [0.4, 0.5) is 0 Å². The highest BCUT2D eigenvalue weighted by atomic mass is 16.3. The zero-order valence-electron chi connectivity index (χ0n) is 10.1. The van der Waals surface area contributed by atoms with E-state index >= 15 is 0 Å². The van der Waals surface area contributed by atoms with Crippen LogP contribution in [0.15, 0.2) is 34.7 Å². The van der Waals surface area contributed by atoms with Gasteiger partial charge in [-0.2, -0.15) is 0 Å². The van der Waals surface area contributed by atoms with E-state index in [4.69, 9.17) is 4.42 Å². The van der Waals surface area contributed by atoms with E-state index in [0.717, 1.165) is 31.0 Å². The maximum atomic E-state index is 5.84. The molecule has 17 heavy (non-hydrogen) atoms. The quantitative estimate of drug-likeness (QED) is 0.876. The molecule has 0 aliphatic carbocycles. The number of nitrogens with zero attached hydrogens (tertiary/aromatic N) is 1. The van der Waals surface area contributed by atoms with Crippen LogP contribution in [0.5, 0.6) is 0 Å². The molecule has 1 aliphatic heterocycles. The molecule has 1 aromatic carbocycles. The first-order valence-corrected chi connectivity index (χ1v) is 6.21. The predicted molar refractivity (Wildman–Crippen MR) is 69.0 cm³/mol. The zero-order valence-corrected chi connectivity index (χ0v) is 10.1. The molecule has 1 aliphatic rings. The van der Waals surface area contributed by atoms with Gasteiger partial charge in [0.1, 0.15) is 11.3 Å². The Morgan fingerprint density at radius 1 is 1.41 bits per heavy atom. The summed E-state index contributed by atoms with van der Waals surface area (Å²) in [6.07, 6.45) is 1.23. The van der Waals surface area contributed by atoms with Crippen LogP contribution in [-0.2, 0) is 6.54 Å². The van der Waals surface area contributed by atoms with Crippen molar-refractivity contribution in [3.8, 4) is 0 Å². The summed E-state index contributed by atoms with van der Waals surface area (Å²) < 4.78 is 5.84. The van der Waals surface area contributed by atoms with Crippen LogP contribution < -0.4 is 5.32 Å². The van der Waals surface area contributed by atoms with Gasteiger partial charge in [-0.05, 0) is 32.1 Å². The monoisotopic (exact) mass is 230 g/mol. The predicted octanol–water partition coefficient (Wildman–Crippen LogP) is 2.23. The molecule has 3 heteroatoms. The van der Waals surface area contributed by atoms with Gasteiger partial charge in [0, 0.05) is 18.0 Å². The lowest BCUT2D eigenvalue weighted by atomic mass is 10.2. The van der Waals surface area contributed by atoms with Gasteiger partial charge in [0.05, 0.1) is 6.54 Å². The smallest absolute Gasteiger partial charge is 0.134 e. The topological polar surface area (TPSA) is 28.4 Å². The first-order valence-electron chi connectivity index (χ1n) is 6.21. The molecule has 3 nitrogen and oxygen atoms in total. The van der Waals surface area contributed by atoms with Crippen molar-refractivity contribution in [2.75, 3.05) is 20.1 Å². The van der Waals surface area contributed by atoms with Crippen molar-refractivity contribution in [1.82, 2.24) is 10.2 Å². The summed E-state index contributed by atoms with van der Waals surface area (Å²) in [5.41, 5.74) is 0.987. The third-order valence-corrected chi connectivity index (χ3v) is 3.54. The second kappa shape index (κ2) is 4.51. The molecule has 1 fully saturated rings. The Morgan fingerprint density at radius 3 is 3.06 bits per heavy atom. The Bertz CT molecular complexity index is 467. The average Bonchev–Trinajstić information content (AvgIpc) is 2.97. The normalized spacial score (nSPS) is 20.5. The van der Waals surface area contributed by atoms with E-state index in [1.807, 2.05) is 18.2 Å². The lowest BCUT2D eigenvalue weighted by Gasteiger charge is -2.21. The van der Waals surface area contributed by atoms with Crippen LogP contribution in [0.3, 0.4) is 0 Å². The van der Waals surface area contributed by atoms with Crippen LogP contribution in [0.25, 0.3) is 11.0 Å². The number of fused-ring (bicyclic) bond motifs is 1. The van der Waals surface area contributed by atoms with Gasteiger partial charge in [0.15, 0.2) is 0 Å². The van der Waals surface area contributed by atoms with Gasteiger partial charge < -0.3 is 9.73 Å². The number of hydrogen-bond acceptors (Lipinski definition) is 3. The lowest BCUT2D eigenvalue weighted by molar-refractivity contribution is 0.231. The second-order valence-electron chi connectivity index (χ2n) is 4.81. The maximum Gasteiger partial charge on any atom is 0.134 e. The number of furan rings is 1. The number of benzene rings is 1. The summed E-state index contributed by atoms with van der Waals surface area (Å²) in [7, 11) is 2.17. The molecule has 1 saturated heterocycles. The summed E-state index contributed by atoms with van der Waals surface area (Å²) in [5, 5.41) is 4.59. The van der Waals surface area contributed by atoms with E-state index in [1.165, 1.54) is 11.8 Å². The molecule has 0 spiro atoms. The average molecular weight is 230 g/mol. The number of nitrogens with one attached hydrogen (secondary N) is 1. The molecule has 0 bridgehead atoms. The van der Waals surface area contributed by atoms with Crippen LogP contribution in [-0.4, -0.2) is 31.1 Å². The summed E-state index contributed by atoms with van der Waals surface area (Å²) in [5.74, 6) is 1.06. The minimum Gasteiger partial charge on any atom is -0.460 e. The summed E-state index contributed by atoms with van der Waals surface area (Å²) in [4.78, 5) is 2.37. The SMILES string of the molecule is CN(Cc1cc2ccccc2o1)C1CCNC1. The number of rotatable bonds is 3. The molecule has 0 amide bonds. The minimum atomic E-state index is 0.642. The van der Waals surface area contributed by atoms with Gasteiger partial charge in [-0.1, -0.05) is 18.2 Å². The van der Waals surface area contributed by atoms with E-state index in [0.29, 0.717) is 6.04 Å². The third-order valence-electron chi connectivity index (χ3n) is 3.54. The van der Waals surface area contributed by atoms with Crippen molar-refractivity contribution in [3.63, 3.8) is 0 Å². The fraction of sp³-hybridized carbons (Fsp3) is 0.429. The fourth-order valence-corrected chi connectivity index (χ4v) is 2.51.